The summed E-state index contributed by atoms with van der Waals surface area (Å²) in [5.74, 6) is 0. The van der Waals surface area contributed by atoms with Crippen LogP contribution in [0.5, 0.6) is 0 Å². The topological polar surface area (TPSA) is 46.5 Å². The van der Waals surface area contributed by atoms with Crippen LogP contribution in [0, 0.1) is 5.41 Å². The van der Waals surface area contributed by atoms with Gasteiger partial charge >= 0.3 is 0 Å². The molecule has 1 rings (SSSR count). The number of aliphatic hydroxyl groups is 1. The zero-order valence-corrected chi connectivity index (χ0v) is 6.83. The average molecular weight is 176 g/mol. The summed E-state index contributed by atoms with van der Waals surface area (Å²) in [5.41, 5.74) is -0.633. The number of halogens is 1. The Labute approximate surface area is 70.5 Å². The van der Waals surface area contributed by atoms with E-state index in [9.17, 15) is 9.18 Å². The lowest BCUT2D eigenvalue weighted by Crippen LogP contribution is -2.29. The van der Waals surface area contributed by atoms with Crippen LogP contribution in [0.3, 0.4) is 0 Å². The first-order valence-electron chi connectivity index (χ1n) is 4.00. The monoisotopic (exact) mass is 176 g/mol. The van der Waals surface area contributed by atoms with Gasteiger partial charge in [-0.2, -0.15) is 0 Å². The summed E-state index contributed by atoms with van der Waals surface area (Å²) in [6, 6.07) is 0. The highest BCUT2D eigenvalue weighted by atomic mass is 19.1. The van der Waals surface area contributed by atoms with Gasteiger partial charge in [0.2, 0.25) is 0 Å². The van der Waals surface area contributed by atoms with Crippen molar-refractivity contribution in [1.29, 1.82) is 0 Å². The number of aldehydes is 1. The number of hydrogen-bond donors (Lipinski definition) is 1. The van der Waals surface area contributed by atoms with Crippen molar-refractivity contribution in [3.8, 4) is 0 Å². The Morgan fingerprint density at radius 3 is 2.92 bits per heavy atom. The number of ether oxygens (including phenoxy) is 1. The molecule has 1 N–H and O–H groups in total. The van der Waals surface area contributed by atoms with Crippen molar-refractivity contribution in [3.05, 3.63) is 0 Å². The fraction of sp³-hybridized carbons (Fsp3) is 0.875. The third-order valence-corrected chi connectivity index (χ3v) is 2.20. The molecule has 2 unspecified atom stereocenters. The Morgan fingerprint density at radius 1 is 1.75 bits per heavy atom. The van der Waals surface area contributed by atoms with Gasteiger partial charge in [-0.25, -0.2) is 4.39 Å². The Balaban J connectivity index is 2.49. The van der Waals surface area contributed by atoms with Crippen LogP contribution in [-0.4, -0.2) is 37.4 Å². The van der Waals surface area contributed by atoms with Gasteiger partial charge in [0.25, 0.3) is 0 Å². The second-order valence-electron chi connectivity index (χ2n) is 3.30. The fourth-order valence-electron chi connectivity index (χ4n) is 1.45. The standard InChI is InChI=1S/C8H13FO3/c9-4-7(11)3-8(5-10)1-2-12-6-8/h5,7,11H,1-4,6H2. The summed E-state index contributed by atoms with van der Waals surface area (Å²) in [4.78, 5) is 10.7. The largest absolute Gasteiger partial charge is 0.390 e. The van der Waals surface area contributed by atoms with Crippen molar-refractivity contribution >= 4 is 6.29 Å². The lowest BCUT2D eigenvalue weighted by atomic mass is 9.83. The van der Waals surface area contributed by atoms with Gasteiger partial charge in [-0.05, 0) is 12.8 Å². The number of aliphatic hydroxyl groups excluding tert-OH is 1. The smallest absolute Gasteiger partial charge is 0.128 e. The van der Waals surface area contributed by atoms with Crippen LogP contribution in [0.25, 0.3) is 0 Å². The maximum Gasteiger partial charge on any atom is 0.128 e. The molecule has 12 heavy (non-hydrogen) atoms. The van der Waals surface area contributed by atoms with Crippen molar-refractivity contribution in [2.45, 2.75) is 18.9 Å². The lowest BCUT2D eigenvalue weighted by molar-refractivity contribution is -0.118. The summed E-state index contributed by atoms with van der Waals surface area (Å²) in [6.45, 7) is 0.0426. The summed E-state index contributed by atoms with van der Waals surface area (Å²) in [5, 5.41) is 9.03. The highest BCUT2D eigenvalue weighted by molar-refractivity contribution is 5.60. The molecule has 3 nitrogen and oxygen atoms in total. The number of hydrogen-bond acceptors (Lipinski definition) is 3. The van der Waals surface area contributed by atoms with Crippen molar-refractivity contribution < 1.29 is 19.0 Å². The molecule has 0 aromatic heterocycles. The maximum atomic E-state index is 11.9. The molecule has 1 fully saturated rings. The van der Waals surface area contributed by atoms with Gasteiger partial charge < -0.3 is 14.6 Å². The molecule has 1 aliphatic rings. The first kappa shape index (κ1) is 9.61. The van der Waals surface area contributed by atoms with Crippen LogP contribution >= 0.6 is 0 Å². The molecule has 1 aliphatic heterocycles. The first-order chi connectivity index (χ1) is 5.72. The zero-order chi connectivity index (χ0) is 9.03. The van der Waals surface area contributed by atoms with Crippen molar-refractivity contribution in [3.63, 3.8) is 0 Å². The molecule has 0 spiro atoms. The number of carbonyl (C=O) groups is 1. The fourth-order valence-corrected chi connectivity index (χ4v) is 1.45. The van der Waals surface area contributed by atoms with Gasteiger partial charge in [-0.3, -0.25) is 0 Å². The molecule has 2 atom stereocenters. The Bertz CT molecular complexity index is 154. The molecular weight excluding hydrogens is 163 g/mol. The molecule has 0 radical (unpaired) electrons. The van der Waals surface area contributed by atoms with E-state index in [1.165, 1.54) is 0 Å². The van der Waals surface area contributed by atoms with Crippen molar-refractivity contribution in [2.75, 3.05) is 19.9 Å². The van der Waals surface area contributed by atoms with Gasteiger partial charge in [-0.15, -0.1) is 0 Å². The molecule has 0 aromatic carbocycles. The molecular formula is C8H13FO3. The molecule has 0 saturated carbocycles. The highest BCUT2D eigenvalue weighted by Gasteiger charge is 2.36. The second kappa shape index (κ2) is 3.96. The molecule has 4 heteroatoms. The Hall–Kier alpha value is -0.480. The normalized spacial score (nSPS) is 31.8. The lowest BCUT2D eigenvalue weighted by Gasteiger charge is -2.21. The number of rotatable bonds is 4. The molecule has 0 amide bonds. The van der Waals surface area contributed by atoms with E-state index in [-0.39, 0.29) is 6.42 Å². The van der Waals surface area contributed by atoms with Gasteiger partial charge in [0.15, 0.2) is 0 Å². The Kier molecular flexibility index (Phi) is 3.17. The molecule has 1 heterocycles. The van der Waals surface area contributed by atoms with E-state index >= 15 is 0 Å². The SMILES string of the molecule is O=CC1(CC(O)CF)CCOC1. The predicted octanol–water partition coefficient (Wildman–Crippen LogP) is 0.312. The predicted molar refractivity (Wildman–Crippen MR) is 40.5 cm³/mol. The minimum Gasteiger partial charge on any atom is -0.390 e. The quantitative estimate of drug-likeness (QED) is 0.627. The van der Waals surface area contributed by atoms with Gasteiger partial charge in [0.05, 0.1) is 18.1 Å². The van der Waals surface area contributed by atoms with Crippen LogP contribution in [0.2, 0.25) is 0 Å². The minimum absolute atomic E-state index is 0.174. The van der Waals surface area contributed by atoms with Gasteiger partial charge in [0, 0.05) is 6.61 Å². The van der Waals surface area contributed by atoms with Crippen LogP contribution in [0.15, 0.2) is 0 Å². The first-order valence-corrected chi connectivity index (χ1v) is 4.00. The number of alkyl halides is 1. The van der Waals surface area contributed by atoms with E-state index in [1.807, 2.05) is 0 Å². The molecule has 1 saturated heterocycles. The zero-order valence-electron chi connectivity index (χ0n) is 6.83. The summed E-state index contributed by atoms with van der Waals surface area (Å²) >= 11 is 0. The third kappa shape index (κ3) is 2.01. The average Bonchev–Trinajstić information content (AvgIpc) is 2.54. The van der Waals surface area contributed by atoms with Gasteiger partial charge in [-0.1, -0.05) is 0 Å². The molecule has 0 aliphatic carbocycles. The number of carbonyl (C=O) groups excluding carboxylic acids is 1. The van der Waals surface area contributed by atoms with E-state index in [4.69, 9.17) is 9.84 Å². The van der Waals surface area contributed by atoms with E-state index in [1.54, 1.807) is 0 Å². The second-order valence-corrected chi connectivity index (χ2v) is 3.30. The van der Waals surface area contributed by atoms with E-state index in [0.29, 0.717) is 19.6 Å². The third-order valence-electron chi connectivity index (χ3n) is 2.20. The van der Waals surface area contributed by atoms with Gasteiger partial charge in [0.1, 0.15) is 13.0 Å². The minimum atomic E-state index is -1.03. The molecule has 70 valence electrons. The van der Waals surface area contributed by atoms with Crippen LogP contribution in [-0.2, 0) is 9.53 Å². The summed E-state index contributed by atoms with van der Waals surface area (Å²) in [7, 11) is 0. The molecule has 0 aromatic rings. The van der Waals surface area contributed by atoms with Crippen molar-refractivity contribution in [2.24, 2.45) is 5.41 Å². The van der Waals surface area contributed by atoms with Crippen LogP contribution in [0.4, 0.5) is 4.39 Å². The Morgan fingerprint density at radius 2 is 2.50 bits per heavy atom. The highest BCUT2D eigenvalue weighted by Crippen LogP contribution is 2.31. The van der Waals surface area contributed by atoms with Crippen LogP contribution < -0.4 is 0 Å². The van der Waals surface area contributed by atoms with Crippen molar-refractivity contribution in [1.82, 2.24) is 0 Å². The summed E-state index contributed by atoms with van der Waals surface area (Å²) < 4.78 is 17.0. The van der Waals surface area contributed by atoms with E-state index in [0.717, 1.165) is 6.29 Å². The van der Waals surface area contributed by atoms with E-state index in [2.05, 4.69) is 0 Å². The van der Waals surface area contributed by atoms with Crippen LogP contribution in [0.1, 0.15) is 12.8 Å². The van der Waals surface area contributed by atoms with E-state index < -0.39 is 18.2 Å². The summed E-state index contributed by atoms with van der Waals surface area (Å²) in [6.07, 6.45) is 0.510. The molecule has 0 bridgehead atoms. The maximum absolute atomic E-state index is 11.9.